The van der Waals surface area contributed by atoms with Gasteiger partial charge in [0.25, 0.3) is 20.2 Å². The summed E-state index contributed by atoms with van der Waals surface area (Å²) in [4.78, 5) is -0.874. The van der Waals surface area contributed by atoms with Gasteiger partial charge in [-0.3, -0.25) is 9.11 Å². The highest BCUT2D eigenvalue weighted by Gasteiger charge is 2.17. The first-order chi connectivity index (χ1) is 7.66. The summed E-state index contributed by atoms with van der Waals surface area (Å²) in [6, 6.07) is 2.76. The van der Waals surface area contributed by atoms with Crippen LogP contribution in [0.5, 0.6) is 0 Å². The van der Waals surface area contributed by atoms with Crippen molar-refractivity contribution in [1.29, 1.82) is 0 Å². The van der Waals surface area contributed by atoms with Gasteiger partial charge in [0.1, 0.15) is 4.90 Å². The molecule has 0 aliphatic rings. The van der Waals surface area contributed by atoms with E-state index in [0.29, 0.717) is 0 Å². The molecular weight excluding hydrogens is 268 g/mol. The maximum Gasteiger partial charge on any atom is 0.295 e. The average molecular weight is 278 g/mol. The van der Waals surface area contributed by atoms with Gasteiger partial charge in [0.2, 0.25) is 0 Å². The Morgan fingerprint density at radius 2 is 1.65 bits per heavy atom. The Kier molecular flexibility index (Phi) is 3.72. The number of hydrogen-bond acceptors (Lipinski definition) is 4. The molecule has 94 valence electrons. The van der Waals surface area contributed by atoms with E-state index in [0.717, 1.165) is 18.2 Å². The minimum Gasteiger partial charge on any atom is -0.282 e. The first-order valence-electron chi connectivity index (χ1n) is 4.38. The second-order valence-corrected chi connectivity index (χ2v) is 5.96. The van der Waals surface area contributed by atoms with Crippen LogP contribution in [0.15, 0.2) is 34.1 Å². The number of benzene rings is 1. The van der Waals surface area contributed by atoms with Gasteiger partial charge in [0.05, 0.1) is 4.90 Å². The monoisotopic (exact) mass is 278 g/mol. The largest absolute Gasteiger partial charge is 0.295 e. The summed E-state index contributed by atoms with van der Waals surface area (Å²) in [5.41, 5.74) is -0.0230. The molecule has 0 aromatic heterocycles. The third-order valence-electron chi connectivity index (χ3n) is 1.90. The van der Waals surface area contributed by atoms with E-state index in [9.17, 15) is 16.8 Å². The fourth-order valence-electron chi connectivity index (χ4n) is 1.23. The molecule has 0 amide bonds. The average Bonchev–Trinajstić information content (AvgIpc) is 2.15. The molecule has 0 heterocycles. The lowest BCUT2D eigenvalue weighted by Gasteiger charge is -2.04. The zero-order chi connectivity index (χ0) is 13.3. The molecule has 2 N–H and O–H groups in total. The molecule has 1 aromatic carbocycles. The Morgan fingerprint density at radius 1 is 1.06 bits per heavy atom. The second-order valence-electron chi connectivity index (χ2n) is 3.15. The van der Waals surface area contributed by atoms with Crippen LogP contribution in [0, 0.1) is 0 Å². The fraction of sp³-hybridized carbons (Fsp3) is 0.111. The van der Waals surface area contributed by atoms with Crippen molar-refractivity contribution < 1.29 is 25.9 Å². The van der Waals surface area contributed by atoms with Gasteiger partial charge in [-0.15, -0.1) is 0 Å². The van der Waals surface area contributed by atoms with Crippen LogP contribution in [0.3, 0.4) is 0 Å². The van der Waals surface area contributed by atoms with Gasteiger partial charge in [-0.25, -0.2) is 0 Å². The second kappa shape index (κ2) is 4.57. The quantitative estimate of drug-likeness (QED) is 0.804. The first kappa shape index (κ1) is 13.8. The molecule has 0 bridgehead atoms. The van der Waals surface area contributed by atoms with Gasteiger partial charge in [-0.1, -0.05) is 12.2 Å². The number of hydrogen-bond donors (Lipinski definition) is 2. The molecule has 8 heteroatoms. The Bertz CT molecular complexity index is 655. The van der Waals surface area contributed by atoms with Crippen LogP contribution in [-0.2, 0) is 20.2 Å². The molecule has 0 unspecified atom stereocenters. The Balaban J connectivity index is 3.60. The van der Waals surface area contributed by atoms with Gasteiger partial charge in [-0.05, 0) is 30.7 Å². The standard InChI is InChI=1S/C9H10O6S2/c1-2-3-7-6-8(16(10,11)12)4-5-9(7)17(13,14)15/h2-6H,1H3,(H,10,11,12)(H,13,14,15). The van der Waals surface area contributed by atoms with E-state index < -0.39 is 30.0 Å². The molecule has 0 atom stereocenters. The molecular formula is C9H10O6S2. The molecule has 0 aliphatic heterocycles. The molecule has 0 spiro atoms. The highest BCUT2D eigenvalue weighted by Crippen LogP contribution is 2.21. The lowest BCUT2D eigenvalue weighted by Crippen LogP contribution is -2.04. The third-order valence-corrected chi connectivity index (χ3v) is 3.68. The summed E-state index contributed by atoms with van der Waals surface area (Å²) in [7, 11) is -8.86. The lowest BCUT2D eigenvalue weighted by atomic mass is 10.2. The Labute approximate surface area is 99.1 Å². The predicted octanol–water partition coefficient (Wildman–Crippen LogP) is 1.21. The van der Waals surface area contributed by atoms with Gasteiger partial charge >= 0.3 is 0 Å². The topological polar surface area (TPSA) is 109 Å². The summed E-state index contributed by atoms with van der Waals surface area (Å²) >= 11 is 0. The molecule has 0 radical (unpaired) electrons. The van der Waals surface area contributed by atoms with E-state index in [1.807, 2.05) is 0 Å². The van der Waals surface area contributed by atoms with Crippen molar-refractivity contribution in [2.45, 2.75) is 16.7 Å². The van der Waals surface area contributed by atoms with Crippen molar-refractivity contribution in [3.8, 4) is 0 Å². The van der Waals surface area contributed by atoms with E-state index >= 15 is 0 Å². The van der Waals surface area contributed by atoms with E-state index in [-0.39, 0.29) is 5.56 Å². The van der Waals surface area contributed by atoms with Crippen molar-refractivity contribution in [3.63, 3.8) is 0 Å². The minimum absolute atomic E-state index is 0.0230. The summed E-state index contributed by atoms with van der Waals surface area (Å²) in [5, 5.41) is 0. The van der Waals surface area contributed by atoms with Crippen molar-refractivity contribution in [2.24, 2.45) is 0 Å². The summed E-state index contributed by atoms with van der Waals surface area (Å²) in [6.45, 7) is 1.59. The molecule has 0 saturated heterocycles. The summed E-state index contributed by atoms with van der Waals surface area (Å²) in [5.74, 6) is 0. The smallest absolute Gasteiger partial charge is 0.282 e. The molecule has 0 saturated carbocycles. The molecule has 6 nitrogen and oxygen atoms in total. The fourth-order valence-corrected chi connectivity index (χ4v) is 2.41. The lowest BCUT2D eigenvalue weighted by molar-refractivity contribution is 0.478. The first-order valence-corrected chi connectivity index (χ1v) is 7.26. The highest BCUT2D eigenvalue weighted by atomic mass is 32.2. The number of rotatable bonds is 3. The van der Waals surface area contributed by atoms with Crippen LogP contribution in [0.1, 0.15) is 12.5 Å². The molecule has 1 aromatic rings. The zero-order valence-electron chi connectivity index (χ0n) is 8.73. The maximum absolute atomic E-state index is 11.0. The van der Waals surface area contributed by atoms with Gasteiger partial charge < -0.3 is 0 Å². The highest BCUT2D eigenvalue weighted by molar-refractivity contribution is 7.86. The van der Waals surface area contributed by atoms with Crippen LogP contribution in [0.4, 0.5) is 0 Å². The van der Waals surface area contributed by atoms with E-state index in [2.05, 4.69) is 0 Å². The van der Waals surface area contributed by atoms with Crippen LogP contribution >= 0.6 is 0 Å². The van der Waals surface area contributed by atoms with Crippen molar-refractivity contribution in [1.82, 2.24) is 0 Å². The third kappa shape index (κ3) is 3.37. The van der Waals surface area contributed by atoms with Crippen LogP contribution in [0.25, 0.3) is 6.08 Å². The van der Waals surface area contributed by atoms with Crippen molar-refractivity contribution >= 4 is 26.3 Å². The van der Waals surface area contributed by atoms with Gasteiger partial charge in [0.15, 0.2) is 0 Å². The molecule has 0 aliphatic carbocycles. The minimum atomic E-state index is -4.45. The molecule has 17 heavy (non-hydrogen) atoms. The van der Waals surface area contributed by atoms with Crippen LogP contribution in [0.2, 0.25) is 0 Å². The SMILES string of the molecule is CC=Cc1cc(S(=O)(=O)O)ccc1S(=O)(=O)O. The van der Waals surface area contributed by atoms with Crippen molar-refractivity contribution in [3.05, 3.63) is 29.8 Å². The van der Waals surface area contributed by atoms with Crippen LogP contribution in [-0.4, -0.2) is 25.9 Å². The predicted molar refractivity (Wildman–Crippen MR) is 60.8 cm³/mol. The summed E-state index contributed by atoms with van der Waals surface area (Å²) in [6.07, 6.45) is 2.77. The van der Waals surface area contributed by atoms with Gasteiger partial charge in [-0.2, -0.15) is 16.8 Å². The van der Waals surface area contributed by atoms with E-state index in [1.165, 1.54) is 12.2 Å². The molecule has 0 fully saturated rings. The summed E-state index contributed by atoms with van der Waals surface area (Å²) < 4.78 is 61.5. The van der Waals surface area contributed by atoms with Crippen molar-refractivity contribution in [2.75, 3.05) is 0 Å². The number of allylic oxidation sites excluding steroid dienone is 1. The molecule has 1 rings (SSSR count). The Hall–Kier alpha value is -1.22. The Morgan fingerprint density at radius 3 is 2.06 bits per heavy atom. The normalized spacial score (nSPS) is 13.1. The van der Waals surface area contributed by atoms with E-state index in [4.69, 9.17) is 9.11 Å². The van der Waals surface area contributed by atoms with Crippen LogP contribution < -0.4 is 0 Å². The maximum atomic E-state index is 11.0. The van der Waals surface area contributed by atoms with E-state index in [1.54, 1.807) is 6.92 Å². The zero-order valence-corrected chi connectivity index (χ0v) is 10.4. The van der Waals surface area contributed by atoms with Gasteiger partial charge in [0, 0.05) is 0 Å².